The van der Waals surface area contributed by atoms with E-state index in [-0.39, 0.29) is 4.90 Å². The fourth-order valence-corrected chi connectivity index (χ4v) is 4.88. The minimum absolute atomic E-state index is 0.0793. The Morgan fingerprint density at radius 2 is 1.18 bits per heavy atom. The Labute approximate surface area is 196 Å². The molecule has 0 amide bonds. The molecular formula is C26H18ClN3O2S. The monoisotopic (exact) mass is 471 g/mol. The number of halogens is 1. The maximum atomic E-state index is 13.0. The van der Waals surface area contributed by atoms with E-state index in [1.54, 1.807) is 30.3 Å². The zero-order valence-corrected chi connectivity index (χ0v) is 18.9. The Hall–Kier alpha value is -3.74. The van der Waals surface area contributed by atoms with Crippen molar-refractivity contribution < 1.29 is 8.42 Å². The summed E-state index contributed by atoms with van der Waals surface area (Å²) in [6.45, 7) is 0. The molecule has 1 heterocycles. The number of para-hydroxylation sites is 1. The van der Waals surface area contributed by atoms with Crippen LogP contribution in [-0.4, -0.2) is 18.4 Å². The maximum Gasteiger partial charge on any atom is 0.262 e. The molecule has 0 aliphatic rings. The molecule has 0 atom stereocenters. The SMILES string of the molecule is O=S(=O)(Nc1ccccc1Cl)c1ccc2nc(-c3ccccc3)c(-c3ccccc3)nc2c1. The Balaban J connectivity index is 1.65. The van der Waals surface area contributed by atoms with Gasteiger partial charge in [0, 0.05) is 11.1 Å². The van der Waals surface area contributed by atoms with Crippen molar-refractivity contribution in [2.75, 3.05) is 4.72 Å². The lowest BCUT2D eigenvalue weighted by molar-refractivity contribution is 0.601. The molecule has 0 fully saturated rings. The average molecular weight is 472 g/mol. The first kappa shape index (κ1) is 21.1. The molecule has 0 saturated heterocycles. The molecule has 0 saturated carbocycles. The van der Waals surface area contributed by atoms with Gasteiger partial charge in [0.15, 0.2) is 0 Å². The molecular weight excluding hydrogens is 454 g/mol. The fourth-order valence-electron chi connectivity index (χ4n) is 3.54. The second kappa shape index (κ2) is 8.65. The third kappa shape index (κ3) is 4.31. The molecule has 5 aromatic rings. The van der Waals surface area contributed by atoms with Gasteiger partial charge in [-0.1, -0.05) is 84.4 Å². The van der Waals surface area contributed by atoms with Crippen LogP contribution in [0.4, 0.5) is 5.69 Å². The van der Waals surface area contributed by atoms with E-state index in [0.29, 0.717) is 27.4 Å². The van der Waals surface area contributed by atoms with E-state index >= 15 is 0 Å². The van der Waals surface area contributed by atoms with Crippen molar-refractivity contribution >= 4 is 38.3 Å². The molecule has 162 valence electrons. The number of rotatable bonds is 5. The van der Waals surface area contributed by atoms with Gasteiger partial charge in [-0.3, -0.25) is 4.72 Å². The van der Waals surface area contributed by atoms with Gasteiger partial charge in [0.2, 0.25) is 0 Å². The molecule has 4 aromatic carbocycles. The average Bonchev–Trinajstić information content (AvgIpc) is 2.85. The maximum absolute atomic E-state index is 13.0. The van der Waals surface area contributed by atoms with Crippen molar-refractivity contribution in [2.24, 2.45) is 0 Å². The zero-order valence-electron chi connectivity index (χ0n) is 17.3. The molecule has 0 bridgehead atoms. The minimum atomic E-state index is -3.87. The van der Waals surface area contributed by atoms with Gasteiger partial charge >= 0.3 is 0 Å². The zero-order chi connectivity index (χ0) is 22.8. The van der Waals surface area contributed by atoms with E-state index in [1.807, 2.05) is 60.7 Å². The molecule has 0 aliphatic carbocycles. The lowest BCUT2D eigenvalue weighted by Crippen LogP contribution is -2.13. The second-order valence-electron chi connectivity index (χ2n) is 7.39. The Morgan fingerprint density at radius 3 is 1.79 bits per heavy atom. The van der Waals surface area contributed by atoms with Gasteiger partial charge in [0.1, 0.15) is 0 Å². The van der Waals surface area contributed by atoms with Crippen molar-refractivity contribution in [1.29, 1.82) is 0 Å². The summed E-state index contributed by atoms with van der Waals surface area (Å²) >= 11 is 6.13. The summed E-state index contributed by atoms with van der Waals surface area (Å²) in [7, 11) is -3.87. The smallest absolute Gasteiger partial charge is 0.262 e. The van der Waals surface area contributed by atoms with Crippen LogP contribution in [0.2, 0.25) is 5.02 Å². The van der Waals surface area contributed by atoms with Crippen LogP contribution in [0.3, 0.4) is 0 Å². The molecule has 7 heteroatoms. The van der Waals surface area contributed by atoms with Crippen LogP contribution in [0.5, 0.6) is 0 Å². The Morgan fingerprint density at radius 1 is 0.636 bits per heavy atom. The second-order valence-corrected chi connectivity index (χ2v) is 9.48. The van der Waals surface area contributed by atoms with E-state index in [9.17, 15) is 8.42 Å². The van der Waals surface area contributed by atoms with Crippen LogP contribution in [0.1, 0.15) is 0 Å². The first-order valence-corrected chi connectivity index (χ1v) is 12.1. The van der Waals surface area contributed by atoms with Crippen LogP contribution in [0.15, 0.2) is 108 Å². The molecule has 0 radical (unpaired) electrons. The minimum Gasteiger partial charge on any atom is -0.278 e. The van der Waals surface area contributed by atoms with Gasteiger partial charge in [0.05, 0.1) is 38.0 Å². The Bertz CT molecular complexity index is 1560. The standard InChI is InChI=1S/C26H18ClN3O2S/c27-21-13-7-8-14-22(21)30-33(31,32)20-15-16-23-24(17-20)29-26(19-11-5-2-6-12-19)25(28-23)18-9-3-1-4-10-18/h1-17,30H. The van der Waals surface area contributed by atoms with Gasteiger partial charge in [-0.15, -0.1) is 0 Å². The summed E-state index contributed by atoms with van der Waals surface area (Å²) in [4.78, 5) is 9.76. The lowest BCUT2D eigenvalue weighted by Gasteiger charge is -2.12. The van der Waals surface area contributed by atoms with E-state index in [0.717, 1.165) is 16.8 Å². The van der Waals surface area contributed by atoms with Crippen LogP contribution in [0, 0.1) is 0 Å². The summed E-state index contributed by atoms with van der Waals surface area (Å²) in [5, 5.41) is 0.320. The van der Waals surface area contributed by atoms with E-state index in [4.69, 9.17) is 21.6 Å². The van der Waals surface area contributed by atoms with Crippen molar-refractivity contribution in [2.45, 2.75) is 4.90 Å². The number of sulfonamides is 1. The van der Waals surface area contributed by atoms with Crippen LogP contribution < -0.4 is 4.72 Å². The van der Waals surface area contributed by atoms with Gasteiger partial charge in [-0.05, 0) is 30.3 Å². The van der Waals surface area contributed by atoms with E-state index < -0.39 is 10.0 Å². The van der Waals surface area contributed by atoms with Crippen LogP contribution >= 0.6 is 11.6 Å². The number of fused-ring (bicyclic) bond motifs is 1. The predicted molar refractivity (Wildman–Crippen MR) is 133 cm³/mol. The van der Waals surface area contributed by atoms with E-state index in [2.05, 4.69) is 4.72 Å². The van der Waals surface area contributed by atoms with Crippen molar-refractivity contribution in [3.8, 4) is 22.5 Å². The van der Waals surface area contributed by atoms with Gasteiger partial charge in [-0.25, -0.2) is 18.4 Å². The van der Waals surface area contributed by atoms with Crippen molar-refractivity contribution in [3.05, 3.63) is 108 Å². The number of anilines is 1. The van der Waals surface area contributed by atoms with Crippen LogP contribution in [0.25, 0.3) is 33.5 Å². The number of hydrogen-bond donors (Lipinski definition) is 1. The number of aromatic nitrogens is 2. The third-order valence-corrected chi connectivity index (χ3v) is 6.85. The number of nitrogens with zero attached hydrogens (tertiary/aromatic N) is 2. The van der Waals surface area contributed by atoms with Crippen molar-refractivity contribution in [3.63, 3.8) is 0 Å². The van der Waals surface area contributed by atoms with E-state index in [1.165, 1.54) is 12.1 Å². The molecule has 0 spiro atoms. The highest BCUT2D eigenvalue weighted by Crippen LogP contribution is 2.32. The third-order valence-electron chi connectivity index (χ3n) is 5.16. The summed E-state index contributed by atoms with van der Waals surface area (Å²) in [6, 6.07) is 31.0. The van der Waals surface area contributed by atoms with Crippen molar-refractivity contribution in [1.82, 2.24) is 9.97 Å². The number of nitrogens with one attached hydrogen (secondary N) is 1. The summed E-state index contributed by atoms with van der Waals surface area (Å²) < 4.78 is 28.6. The normalized spacial score (nSPS) is 11.4. The summed E-state index contributed by atoms with van der Waals surface area (Å²) in [5.74, 6) is 0. The number of benzene rings is 4. The number of hydrogen-bond acceptors (Lipinski definition) is 4. The Kier molecular flexibility index (Phi) is 5.54. The highest BCUT2D eigenvalue weighted by atomic mass is 35.5. The van der Waals surface area contributed by atoms with Gasteiger partial charge in [0.25, 0.3) is 10.0 Å². The largest absolute Gasteiger partial charge is 0.278 e. The molecule has 0 aliphatic heterocycles. The summed E-state index contributed by atoms with van der Waals surface area (Å²) in [6.07, 6.45) is 0. The quantitative estimate of drug-likeness (QED) is 0.321. The fraction of sp³-hybridized carbons (Fsp3) is 0. The lowest BCUT2D eigenvalue weighted by atomic mass is 10.0. The molecule has 0 unspecified atom stereocenters. The molecule has 1 N–H and O–H groups in total. The van der Waals surface area contributed by atoms with Gasteiger partial charge < -0.3 is 0 Å². The highest BCUT2D eigenvalue weighted by Gasteiger charge is 2.19. The molecule has 1 aromatic heterocycles. The summed E-state index contributed by atoms with van der Waals surface area (Å²) in [5.41, 5.74) is 4.65. The first-order chi connectivity index (χ1) is 16.0. The molecule has 5 rings (SSSR count). The molecule has 33 heavy (non-hydrogen) atoms. The predicted octanol–water partition coefficient (Wildman–Crippen LogP) is 6.42. The van der Waals surface area contributed by atoms with Crippen LogP contribution in [-0.2, 0) is 10.0 Å². The van der Waals surface area contributed by atoms with Gasteiger partial charge in [-0.2, -0.15) is 0 Å². The first-order valence-electron chi connectivity index (χ1n) is 10.2. The molecule has 5 nitrogen and oxygen atoms in total. The topological polar surface area (TPSA) is 72.0 Å². The highest BCUT2D eigenvalue weighted by molar-refractivity contribution is 7.92.